The first kappa shape index (κ1) is 16.0. The molecule has 0 aliphatic heterocycles. The molecular formula is C11H8F3NO4S. The van der Waals surface area contributed by atoms with E-state index in [4.69, 9.17) is 5.26 Å². The van der Waals surface area contributed by atoms with Gasteiger partial charge in [0.25, 0.3) is 0 Å². The first-order valence-corrected chi connectivity index (χ1v) is 6.85. The average Bonchev–Trinajstić information content (AvgIpc) is 2.33. The fourth-order valence-electron chi connectivity index (χ4n) is 1.48. The van der Waals surface area contributed by atoms with Gasteiger partial charge >= 0.3 is 12.1 Å². The highest BCUT2D eigenvalue weighted by atomic mass is 32.2. The van der Waals surface area contributed by atoms with Gasteiger partial charge in [0.15, 0.2) is 9.84 Å². The quantitative estimate of drug-likeness (QED) is 0.777. The van der Waals surface area contributed by atoms with Gasteiger partial charge < -0.3 is 4.74 Å². The third-order valence-corrected chi connectivity index (χ3v) is 3.49. The molecule has 0 bridgehead atoms. The number of hydrogen-bond donors (Lipinski definition) is 0. The van der Waals surface area contributed by atoms with Crippen molar-refractivity contribution in [2.75, 3.05) is 13.4 Å². The molecule has 0 radical (unpaired) electrons. The molecule has 0 N–H and O–H groups in total. The van der Waals surface area contributed by atoms with E-state index < -0.39 is 43.6 Å². The first-order valence-electron chi connectivity index (χ1n) is 4.96. The second-order valence-corrected chi connectivity index (χ2v) is 5.75. The van der Waals surface area contributed by atoms with E-state index in [1.165, 1.54) is 6.07 Å². The van der Waals surface area contributed by atoms with E-state index in [1.807, 2.05) is 0 Å². The lowest BCUT2D eigenvalue weighted by Crippen LogP contribution is -2.15. The molecule has 1 rings (SSSR count). The van der Waals surface area contributed by atoms with E-state index in [1.54, 1.807) is 0 Å². The predicted octanol–water partition coefficient (Wildman–Crippen LogP) is 1.77. The SMILES string of the molecule is COC(=O)c1cc(C#N)c(C(F)(F)F)cc1S(C)(=O)=O. The Bertz CT molecular complexity index is 702. The van der Waals surface area contributed by atoms with E-state index in [2.05, 4.69) is 4.74 Å². The maximum Gasteiger partial charge on any atom is 0.417 e. The lowest BCUT2D eigenvalue weighted by atomic mass is 10.0. The van der Waals surface area contributed by atoms with Gasteiger partial charge in [0, 0.05) is 6.26 Å². The number of hydrogen-bond acceptors (Lipinski definition) is 5. The van der Waals surface area contributed by atoms with Crippen molar-refractivity contribution in [2.24, 2.45) is 0 Å². The summed E-state index contributed by atoms with van der Waals surface area (Å²) in [6.45, 7) is 0. The Morgan fingerprint density at radius 1 is 1.35 bits per heavy atom. The van der Waals surface area contributed by atoms with Crippen molar-refractivity contribution in [3.05, 3.63) is 28.8 Å². The number of carbonyl (C=O) groups is 1. The molecule has 20 heavy (non-hydrogen) atoms. The zero-order chi connectivity index (χ0) is 15.7. The molecule has 108 valence electrons. The normalized spacial score (nSPS) is 11.8. The third-order valence-electron chi connectivity index (χ3n) is 2.35. The Hall–Kier alpha value is -2.08. The summed E-state index contributed by atoms with van der Waals surface area (Å²) in [4.78, 5) is 10.6. The lowest BCUT2D eigenvalue weighted by Gasteiger charge is -2.13. The molecule has 1 aromatic carbocycles. The largest absolute Gasteiger partial charge is 0.465 e. The summed E-state index contributed by atoms with van der Waals surface area (Å²) >= 11 is 0. The summed E-state index contributed by atoms with van der Waals surface area (Å²) in [6, 6.07) is 2.10. The van der Waals surface area contributed by atoms with Crippen molar-refractivity contribution in [1.29, 1.82) is 5.26 Å². The third kappa shape index (κ3) is 3.08. The number of ether oxygens (including phenoxy) is 1. The van der Waals surface area contributed by atoms with E-state index in [-0.39, 0.29) is 6.07 Å². The lowest BCUT2D eigenvalue weighted by molar-refractivity contribution is -0.137. The minimum Gasteiger partial charge on any atom is -0.465 e. The van der Waals surface area contributed by atoms with Crippen LogP contribution in [0.5, 0.6) is 0 Å². The smallest absolute Gasteiger partial charge is 0.417 e. The summed E-state index contributed by atoms with van der Waals surface area (Å²) in [5.41, 5.74) is -2.89. The number of nitriles is 1. The molecule has 0 heterocycles. The van der Waals surface area contributed by atoms with E-state index in [9.17, 15) is 26.4 Å². The van der Waals surface area contributed by atoms with Crippen LogP contribution in [0.3, 0.4) is 0 Å². The van der Waals surface area contributed by atoms with E-state index in [0.717, 1.165) is 7.11 Å². The van der Waals surface area contributed by atoms with Gasteiger partial charge in [0.05, 0.1) is 34.8 Å². The highest BCUT2D eigenvalue weighted by Crippen LogP contribution is 2.35. The summed E-state index contributed by atoms with van der Waals surface area (Å²) in [6.07, 6.45) is -4.26. The van der Waals surface area contributed by atoms with Gasteiger partial charge in [-0.2, -0.15) is 18.4 Å². The van der Waals surface area contributed by atoms with Gasteiger partial charge in [0.2, 0.25) is 0 Å². The molecule has 0 saturated carbocycles. The number of esters is 1. The molecule has 0 aliphatic rings. The number of carbonyl (C=O) groups excluding carboxylic acids is 1. The van der Waals surface area contributed by atoms with Crippen molar-refractivity contribution < 1.29 is 31.1 Å². The molecule has 0 unspecified atom stereocenters. The fourth-order valence-corrected chi connectivity index (χ4v) is 2.36. The molecule has 0 saturated heterocycles. The molecule has 0 amide bonds. The van der Waals surface area contributed by atoms with E-state index >= 15 is 0 Å². The molecule has 0 spiro atoms. The summed E-state index contributed by atoms with van der Waals surface area (Å²) in [7, 11) is -3.16. The van der Waals surface area contributed by atoms with Crippen molar-refractivity contribution >= 4 is 15.8 Å². The van der Waals surface area contributed by atoms with Crippen LogP contribution in [-0.2, 0) is 20.8 Å². The van der Waals surface area contributed by atoms with Crippen molar-refractivity contribution in [3.8, 4) is 6.07 Å². The molecule has 0 aliphatic carbocycles. The van der Waals surface area contributed by atoms with Crippen LogP contribution in [0.1, 0.15) is 21.5 Å². The van der Waals surface area contributed by atoms with Crippen LogP contribution >= 0.6 is 0 Å². The summed E-state index contributed by atoms with van der Waals surface area (Å²) in [5.74, 6) is -1.14. The number of alkyl halides is 3. The van der Waals surface area contributed by atoms with Crippen LogP contribution < -0.4 is 0 Å². The molecule has 1 aromatic rings. The fraction of sp³-hybridized carbons (Fsp3) is 0.273. The number of halogens is 3. The highest BCUT2D eigenvalue weighted by molar-refractivity contribution is 7.90. The van der Waals surface area contributed by atoms with Gasteiger partial charge in [-0.3, -0.25) is 0 Å². The van der Waals surface area contributed by atoms with Crippen LogP contribution in [-0.4, -0.2) is 27.8 Å². The van der Waals surface area contributed by atoms with Crippen LogP contribution in [0, 0.1) is 11.3 Å². The van der Waals surface area contributed by atoms with Crippen LogP contribution in [0.2, 0.25) is 0 Å². The number of benzene rings is 1. The van der Waals surface area contributed by atoms with Crippen molar-refractivity contribution in [1.82, 2.24) is 0 Å². The molecule has 0 atom stereocenters. The summed E-state index contributed by atoms with van der Waals surface area (Å²) < 4.78 is 65.6. The zero-order valence-corrected chi connectivity index (χ0v) is 11.1. The Balaban J connectivity index is 3.82. The molecule has 5 nitrogen and oxygen atoms in total. The molecule has 0 aromatic heterocycles. The van der Waals surface area contributed by atoms with Gasteiger partial charge in [0.1, 0.15) is 0 Å². The van der Waals surface area contributed by atoms with Crippen LogP contribution in [0.25, 0.3) is 0 Å². The number of nitrogens with zero attached hydrogens (tertiary/aromatic N) is 1. The zero-order valence-electron chi connectivity index (χ0n) is 10.3. The van der Waals surface area contributed by atoms with Gasteiger partial charge in [-0.05, 0) is 12.1 Å². The number of methoxy groups -OCH3 is 1. The number of rotatable bonds is 2. The second kappa shape index (κ2) is 5.13. The predicted molar refractivity (Wildman–Crippen MR) is 60.6 cm³/mol. The Morgan fingerprint density at radius 3 is 2.25 bits per heavy atom. The highest BCUT2D eigenvalue weighted by Gasteiger charge is 2.36. The minimum atomic E-state index is -4.92. The monoisotopic (exact) mass is 307 g/mol. The maximum absolute atomic E-state index is 12.8. The van der Waals surface area contributed by atoms with E-state index in [0.29, 0.717) is 12.3 Å². The Morgan fingerprint density at radius 2 is 1.90 bits per heavy atom. The minimum absolute atomic E-state index is 0.264. The number of sulfone groups is 1. The standard InChI is InChI=1S/C11H8F3NO4S/c1-19-10(16)7-3-6(5-15)8(11(12,13)14)4-9(7)20(2,17)18/h3-4H,1-2H3. The Kier molecular flexibility index (Phi) is 4.10. The van der Waals surface area contributed by atoms with Crippen molar-refractivity contribution in [3.63, 3.8) is 0 Å². The molecule has 0 fully saturated rings. The van der Waals surface area contributed by atoms with Crippen molar-refractivity contribution in [2.45, 2.75) is 11.1 Å². The summed E-state index contributed by atoms with van der Waals surface area (Å²) in [5, 5.41) is 8.70. The molecular weight excluding hydrogens is 299 g/mol. The first-order chi connectivity index (χ1) is 9.02. The van der Waals surface area contributed by atoms with Gasteiger partial charge in [-0.1, -0.05) is 0 Å². The maximum atomic E-state index is 12.8. The van der Waals surface area contributed by atoms with Crippen LogP contribution in [0.15, 0.2) is 17.0 Å². The van der Waals surface area contributed by atoms with Gasteiger partial charge in [-0.15, -0.1) is 0 Å². The molecule has 9 heteroatoms. The second-order valence-electron chi connectivity index (χ2n) is 3.77. The topological polar surface area (TPSA) is 84.2 Å². The Labute approximate surface area is 112 Å². The van der Waals surface area contributed by atoms with Crippen LogP contribution in [0.4, 0.5) is 13.2 Å². The van der Waals surface area contributed by atoms with Gasteiger partial charge in [-0.25, -0.2) is 13.2 Å². The average molecular weight is 307 g/mol.